The summed E-state index contributed by atoms with van der Waals surface area (Å²) in [6.07, 6.45) is 0. The number of sulfonamides is 1. The third-order valence-electron chi connectivity index (χ3n) is 4.52. The van der Waals surface area contributed by atoms with E-state index in [1.165, 1.54) is 28.6 Å². The first-order chi connectivity index (χ1) is 14.8. The van der Waals surface area contributed by atoms with Crippen LogP contribution in [0.4, 0.5) is 15.8 Å². The van der Waals surface area contributed by atoms with Crippen molar-refractivity contribution in [2.75, 3.05) is 22.8 Å². The molecule has 0 atom stereocenters. The van der Waals surface area contributed by atoms with Crippen molar-refractivity contribution >= 4 is 27.3 Å². The van der Waals surface area contributed by atoms with Crippen molar-refractivity contribution in [3.63, 3.8) is 0 Å². The Balaban J connectivity index is 1.64. The standard InChI is InChI=1S/C23H23FN2O4S/c1-3-26(31(28,29)22-14-4-17(2)5-15-22)20-10-12-21(13-11-20)30-16-23(27)25-19-8-6-18(24)7-9-19/h4-15H,3,16H2,1-2H3,(H,25,27). The van der Waals surface area contributed by atoms with Crippen molar-refractivity contribution in [1.29, 1.82) is 0 Å². The monoisotopic (exact) mass is 442 g/mol. The lowest BCUT2D eigenvalue weighted by Gasteiger charge is -2.23. The number of hydrogen-bond acceptors (Lipinski definition) is 4. The van der Waals surface area contributed by atoms with Crippen LogP contribution >= 0.6 is 0 Å². The molecule has 0 heterocycles. The van der Waals surface area contributed by atoms with Crippen LogP contribution in [-0.4, -0.2) is 27.5 Å². The molecular formula is C23H23FN2O4S. The third-order valence-corrected chi connectivity index (χ3v) is 6.44. The molecule has 0 spiro atoms. The molecule has 1 amide bonds. The number of carbonyl (C=O) groups is 1. The number of carbonyl (C=O) groups excluding carboxylic acids is 1. The second-order valence-corrected chi connectivity index (χ2v) is 8.68. The maximum Gasteiger partial charge on any atom is 0.264 e. The lowest BCUT2D eigenvalue weighted by molar-refractivity contribution is -0.118. The number of amides is 1. The Morgan fingerprint density at radius 1 is 0.968 bits per heavy atom. The molecule has 3 aromatic carbocycles. The van der Waals surface area contributed by atoms with Crippen LogP contribution in [0.5, 0.6) is 5.75 Å². The molecule has 162 valence electrons. The predicted octanol–water partition coefficient (Wildman–Crippen LogP) is 4.37. The number of benzene rings is 3. The van der Waals surface area contributed by atoms with Gasteiger partial charge in [0.2, 0.25) is 0 Å². The molecule has 1 N–H and O–H groups in total. The Labute approximate surface area is 181 Å². The average Bonchev–Trinajstić information content (AvgIpc) is 2.75. The van der Waals surface area contributed by atoms with E-state index in [-0.39, 0.29) is 23.9 Å². The Morgan fingerprint density at radius 3 is 2.16 bits per heavy atom. The van der Waals surface area contributed by atoms with Crippen LogP contribution < -0.4 is 14.4 Å². The summed E-state index contributed by atoms with van der Waals surface area (Å²) in [4.78, 5) is 12.2. The largest absolute Gasteiger partial charge is 0.484 e. The molecule has 0 aliphatic carbocycles. The Morgan fingerprint density at radius 2 is 1.58 bits per heavy atom. The van der Waals surface area contributed by atoms with Crippen LogP contribution in [0.1, 0.15) is 12.5 Å². The number of nitrogens with zero attached hydrogens (tertiary/aromatic N) is 1. The predicted molar refractivity (Wildman–Crippen MR) is 118 cm³/mol. The first-order valence-corrected chi connectivity index (χ1v) is 11.1. The maximum atomic E-state index is 13.0. The second kappa shape index (κ2) is 9.61. The summed E-state index contributed by atoms with van der Waals surface area (Å²) in [5, 5.41) is 2.60. The van der Waals surface area contributed by atoms with Gasteiger partial charge in [-0.05, 0) is 74.5 Å². The molecule has 0 saturated heterocycles. The molecule has 0 aliphatic rings. The molecule has 0 bridgehead atoms. The smallest absolute Gasteiger partial charge is 0.264 e. The summed E-state index contributed by atoms with van der Waals surface area (Å²) in [7, 11) is -3.70. The number of nitrogens with one attached hydrogen (secondary N) is 1. The van der Waals surface area contributed by atoms with Crippen molar-refractivity contribution in [2.45, 2.75) is 18.7 Å². The average molecular weight is 443 g/mol. The maximum absolute atomic E-state index is 13.0. The van der Waals surface area contributed by atoms with Gasteiger partial charge in [0.15, 0.2) is 6.61 Å². The van der Waals surface area contributed by atoms with Gasteiger partial charge in [-0.25, -0.2) is 12.8 Å². The Hall–Kier alpha value is -3.39. The molecule has 6 nitrogen and oxygen atoms in total. The number of ether oxygens (including phenoxy) is 1. The summed E-state index contributed by atoms with van der Waals surface area (Å²) in [5.41, 5.74) is 1.93. The fraction of sp³-hybridized carbons (Fsp3) is 0.174. The summed E-state index contributed by atoms with van der Waals surface area (Å²) < 4.78 is 45.7. The highest BCUT2D eigenvalue weighted by Crippen LogP contribution is 2.26. The van der Waals surface area contributed by atoms with Gasteiger partial charge in [-0.1, -0.05) is 17.7 Å². The van der Waals surface area contributed by atoms with Crippen molar-refractivity contribution < 1.29 is 22.3 Å². The minimum absolute atomic E-state index is 0.220. The zero-order valence-electron chi connectivity index (χ0n) is 17.2. The second-order valence-electron chi connectivity index (χ2n) is 6.82. The molecule has 31 heavy (non-hydrogen) atoms. The van der Waals surface area contributed by atoms with Crippen LogP contribution in [0, 0.1) is 12.7 Å². The number of hydrogen-bond donors (Lipinski definition) is 1. The lowest BCUT2D eigenvalue weighted by atomic mass is 10.2. The molecule has 8 heteroatoms. The SMILES string of the molecule is CCN(c1ccc(OCC(=O)Nc2ccc(F)cc2)cc1)S(=O)(=O)c1ccc(C)cc1. The van der Waals surface area contributed by atoms with Crippen LogP contribution in [0.3, 0.4) is 0 Å². The molecular weight excluding hydrogens is 419 g/mol. The van der Waals surface area contributed by atoms with E-state index in [0.29, 0.717) is 17.1 Å². The van der Waals surface area contributed by atoms with Gasteiger partial charge in [-0.3, -0.25) is 9.10 Å². The molecule has 0 saturated carbocycles. The zero-order valence-corrected chi connectivity index (χ0v) is 18.0. The molecule has 3 aromatic rings. The minimum Gasteiger partial charge on any atom is -0.484 e. The van der Waals surface area contributed by atoms with Crippen LogP contribution in [0.2, 0.25) is 0 Å². The molecule has 0 aliphatic heterocycles. The molecule has 0 radical (unpaired) electrons. The fourth-order valence-electron chi connectivity index (χ4n) is 2.92. The molecule has 0 fully saturated rings. The van der Waals surface area contributed by atoms with E-state index >= 15 is 0 Å². The van der Waals surface area contributed by atoms with Crippen molar-refractivity contribution in [3.05, 3.63) is 84.2 Å². The summed E-state index contributed by atoms with van der Waals surface area (Å²) in [6, 6.07) is 18.6. The molecule has 0 aromatic heterocycles. The van der Waals surface area contributed by atoms with Gasteiger partial charge in [-0.2, -0.15) is 0 Å². The van der Waals surface area contributed by atoms with E-state index in [2.05, 4.69) is 5.32 Å². The normalized spacial score (nSPS) is 11.1. The number of rotatable bonds is 8. The van der Waals surface area contributed by atoms with E-state index in [4.69, 9.17) is 4.74 Å². The van der Waals surface area contributed by atoms with Crippen LogP contribution in [0.25, 0.3) is 0 Å². The van der Waals surface area contributed by atoms with Gasteiger partial charge in [-0.15, -0.1) is 0 Å². The Kier molecular flexibility index (Phi) is 6.91. The van der Waals surface area contributed by atoms with Gasteiger partial charge in [0.25, 0.3) is 15.9 Å². The molecule has 0 unspecified atom stereocenters. The minimum atomic E-state index is -3.70. The quantitative estimate of drug-likeness (QED) is 0.562. The van der Waals surface area contributed by atoms with Crippen molar-refractivity contribution in [3.8, 4) is 5.75 Å². The fourth-order valence-corrected chi connectivity index (χ4v) is 4.39. The van der Waals surface area contributed by atoms with Gasteiger partial charge in [0.05, 0.1) is 10.6 Å². The van der Waals surface area contributed by atoms with E-state index < -0.39 is 15.9 Å². The Bertz CT molecular complexity index is 1130. The first-order valence-electron chi connectivity index (χ1n) is 9.67. The van der Waals surface area contributed by atoms with Crippen LogP contribution in [-0.2, 0) is 14.8 Å². The zero-order chi connectivity index (χ0) is 22.4. The van der Waals surface area contributed by atoms with E-state index in [1.807, 2.05) is 6.92 Å². The number of aryl methyl sites for hydroxylation is 1. The van der Waals surface area contributed by atoms with Gasteiger partial charge < -0.3 is 10.1 Å². The number of anilines is 2. The van der Waals surface area contributed by atoms with E-state index in [9.17, 15) is 17.6 Å². The van der Waals surface area contributed by atoms with Crippen molar-refractivity contribution in [2.24, 2.45) is 0 Å². The summed E-state index contributed by atoms with van der Waals surface area (Å²) in [5.74, 6) is -0.366. The lowest BCUT2D eigenvalue weighted by Crippen LogP contribution is -2.30. The van der Waals surface area contributed by atoms with Gasteiger partial charge in [0.1, 0.15) is 11.6 Å². The van der Waals surface area contributed by atoms with Crippen molar-refractivity contribution in [1.82, 2.24) is 0 Å². The van der Waals surface area contributed by atoms with Gasteiger partial charge in [0, 0.05) is 12.2 Å². The first kappa shape index (κ1) is 22.3. The third kappa shape index (κ3) is 5.61. The summed E-state index contributed by atoms with van der Waals surface area (Å²) >= 11 is 0. The number of halogens is 1. The van der Waals surface area contributed by atoms with E-state index in [1.54, 1.807) is 55.5 Å². The highest BCUT2D eigenvalue weighted by atomic mass is 32.2. The van der Waals surface area contributed by atoms with Gasteiger partial charge >= 0.3 is 0 Å². The highest BCUT2D eigenvalue weighted by Gasteiger charge is 2.23. The highest BCUT2D eigenvalue weighted by molar-refractivity contribution is 7.92. The molecule has 3 rings (SSSR count). The topological polar surface area (TPSA) is 75.7 Å². The summed E-state index contributed by atoms with van der Waals surface area (Å²) in [6.45, 7) is 3.68. The van der Waals surface area contributed by atoms with Crippen LogP contribution in [0.15, 0.2) is 77.7 Å². The van der Waals surface area contributed by atoms with E-state index in [0.717, 1.165) is 5.56 Å².